The molecule has 0 saturated heterocycles. The molecule has 3 rings (SSSR count). The topological polar surface area (TPSA) is 58.6 Å². The van der Waals surface area contributed by atoms with Gasteiger partial charge in [0.1, 0.15) is 23.4 Å². The summed E-state index contributed by atoms with van der Waals surface area (Å²) in [6.45, 7) is 0.299. The fourth-order valence-corrected chi connectivity index (χ4v) is 2.36. The maximum atomic E-state index is 13.6. The predicted octanol–water partition coefficient (Wildman–Crippen LogP) is 2.26. The van der Waals surface area contributed by atoms with Crippen molar-refractivity contribution in [2.45, 2.75) is 12.5 Å². The first-order valence-electron chi connectivity index (χ1n) is 6.65. The minimum Gasteiger partial charge on any atom is -0.508 e. The van der Waals surface area contributed by atoms with Gasteiger partial charge in [-0.25, -0.2) is 4.39 Å². The molecule has 0 bridgehead atoms. The Morgan fingerprint density at radius 1 is 1.33 bits per heavy atom. The molecule has 2 N–H and O–H groups in total. The molecule has 1 aliphatic rings. The first-order valence-corrected chi connectivity index (χ1v) is 6.65. The third-order valence-corrected chi connectivity index (χ3v) is 3.40. The Hall–Kier alpha value is -2.56. The van der Waals surface area contributed by atoms with Gasteiger partial charge in [0.25, 0.3) is 5.91 Å². The summed E-state index contributed by atoms with van der Waals surface area (Å²) >= 11 is 0. The van der Waals surface area contributed by atoms with Gasteiger partial charge in [-0.2, -0.15) is 0 Å². The summed E-state index contributed by atoms with van der Waals surface area (Å²) in [6.07, 6.45) is 0.570. The van der Waals surface area contributed by atoms with Crippen LogP contribution in [0.2, 0.25) is 0 Å². The molecule has 2 aromatic rings. The largest absolute Gasteiger partial charge is 0.508 e. The number of phenolic OH excluding ortho intramolecular Hbond substituents is 1. The van der Waals surface area contributed by atoms with Crippen LogP contribution in [0.25, 0.3) is 0 Å². The second kappa shape index (κ2) is 5.44. The average Bonchev–Trinajstić information content (AvgIpc) is 2.87. The first-order chi connectivity index (χ1) is 10.1. The number of ether oxygens (including phenoxy) is 1. The van der Waals surface area contributed by atoms with Gasteiger partial charge in [-0.1, -0.05) is 18.2 Å². The maximum absolute atomic E-state index is 13.6. The van der Waals surface area contributed by atoms with Crippen LogP contribution >= 0.6 is 0 Å². The average molecular weight is 287 g/mol. The molecule has 21 heavy (non-hydrogen) atoms. The van der Waals surface area contributed by atoms with Crippen LogP contribution < -0.4 is 10.1 Å². The molecule has 108 valence electrons. The first kappa shape index (κ1) is 13.4. The summed E-state index contributed by atoms with van der Waals surface area (Å²) in [7, 11) is 0. The van der Waals surface area contributed by atoms with E-state index in [-0.39, 0.29) is 17.4 Å². The van der Waals surface area contributed by atoms with Crippen molar-refractivity contribution in [3.05, 3.63) is 59.4 Å². The van der Waals surface area contributed by atoms with E-state index in [1.54, 1.807) is 0 Å². The molecule has 0 saturated carbocycles. The maximum Gasteiger partial charge on any atom is 0.254 e. The van der Waals surface area contributed by atoms with Crippen molar-refractivity contribution < 1.29 is 19.0 Å². The van der Waals surface area contributed by atoms with Crippen molar-refractivity contribution in [2.24, 2.45) is 0 Å². The lowest BCUT2D eigenvalue weighted by molar-refractivity contribution is 0.0929. The van der Waals surface area contributed by atoms with Crippen molar-refractivity contribution in [2.75, 3.05) is 6.54 Å². The molecule has 2 aromatic carbocycles. The quantitative estimate of drug-likeness (QED) is 0.910. The van der Waals surface area contributed by atoms with Gasteiger partial charge in [0.15, 0.2) is 0 Å². The van der Waals surface area contributed by atoms with Gasteiger partial charge in [-0.05, 0) is 23.8 Å². The van der Waals surface area contributed by atoms with Crippen LogP contribution in [0.4, 0.5) is 4.39 Å². The lowest BCUT2D eigenvalue weighted by Crippen LogP contribution is -2.34. The van der Waals surface area contributed by atoms with Crippen molar-refractivity contribution in [1.29, 1.82) is 0 Å². The number of benzene rings is 2. The summed E-state index contributed by atoms with van der Waals surface area (Å²) in [5, 5.41) is 11.8. The molecule has 1 heterocycles. The van der Waals surface area contributed by atoms with E-state index in [9.17, 15) is 9.18 Å². The molecular formula is C16H14FNO3. The Bertz CT molecular complexity index is 662. The lowest BCUT2D eigenvalue weighted by atomic mass is 10.1. The molecule has 0 radical (unpaired) electrons. The molecule has 1 amide bonds. The van der Waals surface area contributed by atoms with Crippen LogP contribution in [0.3, 0.4) is 0 Å². The number of carbonyl (C=O) groups excluding carboxylic acids is 1. The van der Waals surface area contributed by atoms with E-state index in [1.165, 1.54) is 12.1 Å². The van der Waals surface area contributed by atoms with E-state index in [1.807, 2.05) is 24.3 Å². The number of aromatic hydroxyl groups is 1. The van der Waals surface area contributed by atoms with Gasteiger partial charge >= 0.3 is 0 Å². The fourth-order valence-electron chi connectivity index (χ4n) is 2.36. The molecule has 4 nitrogen and oxygen atoms in total. The van der Waals surface area contributed by atoms with Crippen LogP contribution in [0.5, 0.6) is 11.5 Å². The SMILES string of the molecule is O=C(NCC1Cc2ccccc2O1)c1ccc(O)cc1F. The Kier molecular flexibility index (Phi) is 3.48. The molecule has 1 atom stereocenters. The third kappa shape index (κ3) is 2.81. The third-order valence-electron chi connectivity index (χ3n) is 3.40. The van der Waals surface area contributed by atoms with Crippen LogP contribution in [0.15, 0.2) is 42.5 Å². The standard InChI is InChI=1S/C16H14FNO3/c17-14-8-11(19)5-6-13(14)16(20)18-9-12-7-10-3-1-2-4-15(10)21-12/h1-6,8,12,19H,7,9H2,(H,18,20). The van der Waals surface area contributed by atoms with Crippen molar-refractivity contribution in [1.82, 2.24) is 5.32 Å². The number of nitrogens with one attached hydrogen (secondary N) is 1. The van der Waals surface area contributed by atoms with Gasteiger partial charge < -0.3 is 15.2 Å². The predicted molar refractivity (Wildman–Crippen MR) is 75.0 cm³/mol. The van der Waals surface area contributed by atoms with E-state index in [0.717, 1.165) is 17.4 Å². The molecule has 0 aliphatic carbocycles. The van der Waals surface area contributed by atoms with Crippen molar-refractivity contribution in [3.63, 3.8) is 0 Å². The highest BCUT2D eigenvalue weighted by atomic mass is 19.1. The minimum atomic E-state index is -0.747. The van der Waals surface area contributed by atoms with Gasteiger partial charge in [0.2, 0.25) is 0 Å². The van der Waals surface area contributed by atoms with Gasteiger partial charge in [-0.15, -0.1) is 0 Å². The Morgan fingerprint density at radius 2 is 2.14 bits per heavy atom. The summed E-state index contributed by atoms with van der Waals surface area (Å²) in [4.78, 5) is 11.9. The van der Waals surface area contributed by atoms with Crippen molar-refractivity contribution >= 4 is 5.91 Å². The van der Waals surface area contributed by atoms with Crippen LogP contribution in [0.1, 0.15) is 15.9 Å². The zero-order valence-electron chi connectivity index (χ0n) is 11.2. The summed E-state index contributed by atoms with van der Waals surface area (Å²) in [5.74, 6) is -0.652. The van der Waals surface area contributed by atoms with E-state index in [2.05, 4.69) is 5.32 Å². The van der Waals surface area contributed by atoms with Gasteiger partial charge in [0.05, 0.1) is 12.1 Å². The summed E-state index contributed by atoms with van der Waals surface area (Å²) in [6, 6.07) is 11.1. The zero-order valence-corrected chi connectivity index (χ0v) is 11.2. The second-order valence-electron chi connectivity index (χ2n) is 4.93. The number of fused-ring (bicyclic) bond motifs is 1. The monoisotopic (exact) mass is 287 g/mol. The highest BCUT2D eigenvalue weighted by Gasteiger charge is 2.23. The number of halogens is 1. The fraction of sp³-hybridized carbons (Fsp3) is 0.188. The smallest absolute Gasteiger partial charge is 0.254 e. The highest BCUT2D eigenvalue weighted by Crippen LogP contribution is 2.27. The Balaban J connectivity index is 1.60. The molecule has 0 fully saturated rings. The number of carbonyl (C=O) groups is 1. The lowest BCUT2D eigenvalue weighted by Gasteiger charge is -2.12. The molecule has 0 aromatic heterocycles. The number of hydrogen-bond acceptors (Lipinski definition) is 3. The van der Waals surface area contributed by atoms with Gasteiger partial charge in [0, 0.05) is 12.5 Å². The molecule has 5 heteroatoms. The number of amides is 1. The Labute approximate surface area is 121 Å². The van der Waals surface area contributed by atoms with Crippen LogP contribution in [0, 0.1) is 5.82 Å². The zero-order chi connectivity index (χ0) is 14.8. The van der Waals surface area contributed by atoms with Crippen molar-refractivity contribution in [3.8, 4) is 11.5 Å². The number of phenols is 1. The molecular weight excluding hydrogens is 273 g/mol. The number of rotatable bonds is 3. The summed E-state index contributed by atoms with van der Waals surface area (Å²) in [5.41, 5.74) is 1.01. The van der Waals surface area contributed by atoms with E-state index < -0.39 is 11.7 Å². The van der Waals surface area contributed by atoms with Crippen LogP contribution in [-0.4, -0.2) is 23.7 Å². The van der Waals surface area contributed by atoms with Crippen LogP contribution in [-0.2, 0) is 6.42 Å². The number of para-hydroxylation sites is 1. The Morgan fingerprint density at radius 3 is 2.90 bits per heavy atom. The molecule has 1 unspecified atom stereocenters. The number of hydrogen-bond donors (Lipinski definition) is 2. The summed E-state index contributed by atoms with van der Waals surface area (Å²) < 4.78 is 19.3. The van der Waals surface area contributed by atoms with Gasteiger partial charge in [-0.3, -0.25) is 4.79 Å². The minimum absolute atomic E-state index is 0.0942. The van der Waals surface area contributed by atoms with E-state index >= 15 is 0 Å². The molecule has 1 aliphatic heterocycles. The second-order valence-corrected chi connectivity index (χ2v) is 4.93. The highest BCUT2D eigenvalue weighted by molar-refractivity contribution is 5.94. The normalized spacial score (nSPS) is 16.1. The van der Waals surface area contributed by atoms with E-state index in [4.69, 9.17) is 9.84 Å². The van der Waals surface area contributed by atoms with E-state index in [0.29, 0.717) is 13.0 Å². The molecule has 0 spiro atoms.